The van der Waals surface area contributed by atoms with Gasteiger partial charge in [-0.25, -0.2) is 9.67 Å². The van der Waals surface area contributed by atoms with Crippen molar-refractivity contribution in [3.63, 3.8) is 0 Å². The molecule has 6 heteroatoms. The summed E-state index contributed by atoms with van der Waals surface area (Å²) in [6.07, 6.45) is 4.33. The maximum Gasteiger partial charge on any atom is 0.138 e. The van der Waals surface area contributed by atoms with Crippen LogP contribution >= 0.6 is 12.4 Å². The highest BCUT2D eigenvalue weighted by Gasteiger charge is 2.33. The number of nitrogens with zero attached hydrogens (tertiary/aromatic N) is 4. The third-order valence-electron chi connectivity index (χ3n) is 4.42. The average molecular weight is 322 g/mol. The zero-order valence-corrected chi connectivity index (χ0v) is 14.0. The van der Waals surface area contributed by atoms with Crippen LogP contribution in [0.5, 0.6) is 0 Å². The Balaban J connectivity index is 0.00000176. The normalized spacial score (nSPS) is 21.3. The molecule has 5 nitrogen and oxygen atoms in total. The molecule has 2 heterocycles. The van der Waals surface area contributed by atoms with Gasteiger partial charge in [0.25, 0.3) is 0 Å². The number of piperidine rings is 1. The molecule has 0 saturated carbocycles. The van der Waals surface area contributed by atoms with Crippen molar-refractivity contribution >= 4 is 12.4 Å². The molecule has 0 aliphatic carbocycles. The van der Waals surface area contributed by atoms with E-state index in [1.807, 2.05) is 0 Å². The van der Waals surface area contributed by atoms with Gasteiger partial charge in [-0.2, -0.15) is 5.10 Å². The average Bonchev–Trinajstić information content (AvgIpc) is 2.98. The largest absolute Gasteiger partial charge is 0.327 e. The lowest BCUT2D eigenvalue weighted by atomic mass is 9.79. The van der Waals surface area contributed by atoms with Crippen molar-refractivity contribution in [2.24, 2.45) is 11.1 Å². The maximum absolute atomic E-state index is 6.20. The molecule has 1 saturated heterocycles. The fraction of sp³-hybridized carbons (Fsp3) is 0.500. The van der Waals surface area contributed by atoms with Crippen LogP contribution in [0.1, 0.15) is 25.8 Å². The molecule has 1 atom stereocenters. The summed E-state index contributed by atoms with van der Waals surface area (Å²) in [5.41, 5.74) is 8.76. The Hall–Kier alpha value is -1.43. The minimum absolute atomic E-state index is 0. The zero-order chi connectivity index (χ0) is 14.9. The topological polar surface area (TPSA) is 60.0 Å². The number of halogens is 1. The molecule has 1 unspecified atom stereocenters. The van der Waals surface area contributed by atoms with Gasteiger partial charge in [0.1, 0.15) is 12.7 Å². The van der Waals surface area contributed by atoms with Crippen LogP contribution in [0.15, 0.2) is 36.9 Å². The maximum atomic E-state index is 6.20. The van der Waals surface area contributed by atoms with E-state index in [0.717, 1.165) is 31.7 Å². The van der Waals surface area contributed by atoms with Crippen molar-refractivity contribution in [1.29, 1.82) is 0 Å². The van der Waals surface area contributed by atoms with E-state index in [1.54, 1.807) is 17.3 Å². The van der Waals surface area contributed by atoms with Gasteiger partial charge in [0.2, 0.25) is 0 Å². The SMILES string of the molecule is CC1(C)CN(Cc2ccc(-n3cncn3)cc2)CCC1N.Cl. The first-order valence-corrected chi connectivity index (χ1v) is 7.46. The van der Waals surface area contributed by atoms with Crippen LogP contribution in [0.2, 0.25) is 0 Å². The minimum Gasteiger partial charge on any atom is -0.327 e. The van der Waals surface area contributed by atoms with Gasteiger partial charge >= 0.3 is 0 Å². The summed E-state index contributed by atoms with van der Waals surface area (Å²) in [6, 6.07) is 8.82. The number of rotatable bonds is 3. The predicted molar refractivity (Wildman–Crippen MR) is 90.3 cm³/mol. The summed E-state index contributed by atoms with van der Waals surface area (Å²) >= 11 is 0. The first kappa shape index (κ1) is 16.9. The summed E-state index contributed by atoms with van der Waals surface area (Å²) in [4.78, 5) is 6.46. The van der Waals surface area contributed by atoms with E-state index in [9.17, 15) is 0 Å². The molecule has 2 aromatic rings. The second-order valence-electron chi connectivity index (χ2n) is 6.60. The molecule has 3 rings (SSSR count). The van der Waals surface area contributed by atoms with Crippen LogP contribution in [-0.2, 0) is 6.54 Å². The van der Waals surface area contributed by atoms with Crippen LogP contribution in [0.3, 0.4) is 0 Å². The third-order valence-corrected chi connectivity index (χ3v) is 4.42. The number of hydrogen-bond acceptors (Lipinski definition) is 4. The van der Waals surface area contributed by atoms with Gasteiger partial charge in [-0.1, -0.05) is 26.0 Å². The number of likely N-dealkylation sites (tertiary alicyclic amines) is 1. The van der Waals surface area contributed by atoms with Crippen LogP contribution in [0.25, 0.3) is 5.69 Å². The molecule has 0 spiro atoms. The Morgan fingerprint density at radius 2 is 2.00 bits per heavy atom. The molecule has 1 aliphatic rings. The molecule has 1 aromatic heterocycles. The molecule has 1 aliphatic heterocycles. The molecule has 0 radical (unpaired) electrons. The fourth-order valence-corrected chi connectivity index (χ4v) is 2.97. The first-order chi connectivity index (χ1) is 10.0. The summed E-state index contributed by atoms with van der Waals surface area (Å²) in [5, 5.41) is 4.14. The number of hydrogen-bond donors (Lipinski definition) is 1. The molecule has 22 heavy (non-hydrogen) atoms. The van der Waals surface area contributed by atoms with Gasteiger partial charge in [-0.15, -0.1) is 12.4 Å². The Morgan fingerprint density at radius 1 is 1.27 bits per heavy atom. The van der Waals surface area contributed by atoms with Gasteiger partial charge in [-0.3, -0.25) is 4.90 Å². The number of aromatic nitrogens is 3. The van der Waals surface area contributed by atoms with Crippen molar-refractivity contribution < 1.29 is 0 Å². The Kier molecular flexibility index (Phi) is 5.21. The fourth-order valence-electron chi connectivity index (χ4n) is 2.97. The van der Waals surface area contributed by atoms with Crippen molar-refractivity contribution in [1.82, 2.24) is 19.7 Å². The Labute approximate surface area is 137 Å². The van der Waals surface area contributed by atoms with E-state index < -0.39 is 0 Å². The molecule has 120 valence electrons. The lowest BCUT2D eigenvalue weighted by molar-refractivity contribution is 0.0899. The second kappa shape index (κ2) is 6.77. The van der Waals surface area contributed by atoms with Crippen LogP contribution in [-0.4, -0.2) is 38.8 Å². The van der Waals surface area contributed by atoms with Crippen LogP contribution in [0.4, 0.5) is 0 Å². The van der Waals surface area contributed by atoms with Crippen LogP contribution in [0, 0.1) is 5.41 Å². The lowest BCUT2D eigenvalue weighted by Gasteiger charge is -2.42. The summed E-state index contributed by atoms with van der Waals surface area (Å²) < 4.78 is 1.77. The number of benzene rings is 1. The first-order valence-electron chi connectivity index (χ1n) is 7.46. The van der Waals surface area contributed by atoms with Gasteiger partial charge in [0.15, 0.2) is 0 Å². The Morgan fingerprint density at radius 3 is 2.59 bits per heavy atom. The zero-order valence-electron chi connectivity index (χ0n) is 13.1. The van der Waals surface area contributed by atoms with E-state index in [0.29, 0.717) is 6.04 Å². The van der Waals surface area contributed by atoms with Gasteiger partial charge in [-0.05, 0) is 29.5 Å². The van der Waals surface area contributed by atoms with Crippen molar-refractivity contribution in [3.05, 3.63) is 42.5 Å². The van der Waals surface area contributed by atoms with Crippen molar-refractivity contribution in [2.75, 3.05) is 13.1 Å². The third kappa shape index (κ3) is 3.66. The quantitative estimate of drug-likeness (QED) is 0.942. The number of nitrogens with two attached hydrogens (primary N) is 1. The molecular weight excluding hydrogens is 298 g/mol. The van der Waals surface area contributed by atoms with Crippen molar-refractivity contribution in [2.45, 2.75) is 32.9 Å². The molecule has 0 bridgehead atoms. The van der Waals surface area contributed by atoms with E-state index >= 15 is 0 Å². The van der Waals surface area contributed by atoms with Gasteiger partial charge in [0, 0.05) is 25.7 Å². The second-order valence-corrected chi connectivity index (χ2v) is 6.60. The monoisotopic (exact) mass is 321 g/mol. The van der Waals surface area contributed by atoms with Crippen LogP contribution < -0.4 is 5.73 Å². The molecule has 1 aromatic carbocycles. The summed E-state index contributed by atoms with van der Waals surface area (Å²) in [7, 11) is 0. The Bertz CT molecular complexity index is 579. The van der Waals surface area contributed by atoms with Gasteiger partial charge in [0.05, 0.1) is 5.69 Å². The standard InChI is InChI=1S/C16H23N5.ClH/c1-16(2)10-20(8-7-15(16)17)9-13-3-5-14(6-4-13)21-12-18-11-19-21;/h3-6,11-12,15H,7-10,17H2,1-2H3;1H. The predicted octanol–water partition coefficient (Wildman–Crippen LogP) is 2.25. The molecule has 2 N–H and O–H groups in total. The van der Waals surface area contributed by atoms with E-state index in [-0.39, 0.29) is 17.8 Å². The smallest absolute Gasteiger partial charge is 0.138 e. The molecule has 0 amide bonds. The van der Waals surface area contributed by atoms with E-state index in [1.165, 1.54) is 5.56 Å². The van der Waals surface area contributed by atoms with E-state index in [4.69, 9.17) is 5.73 Å². The highest BCUT2D eigenvalue weighted by Crippen LogP contribution is 2.28. The molecule has 1 fully saturated rings. The van der Waals surface area contributed by atoms with Crippen molar-refractivity contribution in [3.8, 4) is 5.69 Å². The highest BCUT2D eigenvalue weighted by atomic mass is 35.5. The summed E-state index contributed by atoms with van der Waals surface area (Å²) in [5.74, 6) is 0. The highest BCUT2D eigenvalue weighted by molar-refractivity contribution is 5.85. The lowest BCUT2D eigenvalue weighted by Crippen LogP contribution is -2.52. The molecular formula is C16H24ClN5. The van der Waals surface area contributed by atoms with Gasteiger partial charge < -0.3 is 5.73 Å². The summed E-state index contributed by atoms with van der Waals surface area (Å²) in [6.45, 7) is 7.64. The van der Waals surface area contributed by atoms with E-state index in [2.05, 4.69) is 53.1 Å². The minimum atomic E-state index is 0.